The zero-order valence-corrected chi connectivity index (χ0v) is 25.0. The second-order valence-electron chi connectivity index (χ2n) is 13.7. The summed E-state index contributed by atoms with van der Waals surface area (Å²) in [4.78, 5) is 0. The van der Waals surface area contributed by atoms with Crippen molar-refractivity contribution in [3.63, 3.8) is 0 Å². The first-order valence-corrected chi connectivity index (χ1v) is 16.2. The number of hydrogen-bond donors (Lipinski definition) is 3. The molecule has 5 nitrogen and oxygen atoms in total. The molecule has 4 saturated carbocycles. The van der Waals surface area contributed by atoms with Crippen LogP contribution in [0.2, 0.25) is 0 Å². The highest BCUT2D eigenvalue weighted by atomic mass is 16.5. The molecule has 5 unspecified atom stereocenters. The Labute approximate surface area is 237 Å². The average Bonchev–Trinajstić information content (AvgIpc) is 3.29. The van der Waals surface area contributed by atoms with E-state index in [-0.39, 0.29) is 11.5 Å². The first kappa shape index (κ1) is 28.9. The normalized spacial score (nSPS) is 37.8. The van der Waals surface area contributed by atoms with E-state index in [1.807, 2.05) is 0 Å². The summed E-state index contributed by atoms with van der Waals surface area (Å²) in [6, 6.07) is 9.59. The first-order valence-electron chi connectivity index (χ1n) is 16.2. The Balaban J connectivity index is 1.25. The van der Waals surface area contributed by atoms with Gasteiger partial charge in [0.25, 0.3) is 0 Å². The monoisotopic (exact) mass is 538 g/mol. The van der Waals surface area contributed by atoms with Crippen LogP contribution in [0, 0.1) is 34.5 Å². The lowest BCUT2D eigenvalue weighted by atomic mass is 9.44. The number of nitrogens with one attached hydrogen (secondary N) is 1. The van der Waals surface area contributed by atoms with Gasteiger partial charge in [0.1, 0.15) is 5.75 Å². The molecule has 39 heavy (non-hydrogen) atoms. The summed E-state index contributed by atoms with van der Waals surface area (Å²) < 4.78 is 6.44. The molecule has 0 amide bonds. The molecule has 1 aromatic rings. The predicted octanol–water partition coefficient (Wildman–Crippen LogP) is 7.90. The number of oxime groups is 1. The Kier molecular flexibility index (Phi) is 8.98. The van der Waals surface area contributed by atoms with E-state index in [4.69, 9.17) is 4.74 Å². The van der Waals surface area contributed by atoms with E-state index in [1.54, 1.807) is 0 Å². The minimum atomic E-state index is -0.197. The summed E-state index contributed by atoms with van der Waals surface area (Å²) in [6.45, 7) is 9.99. The number of ether oxygens (including phenoxy) is 1. The Morgan fingerprint density at radius 2 is 1.85 bits per heavy atom. The van der Waals surface area contributed by atoms with Gasteiger partial charge in [-0.05, 0) is 130 Å². The average molecular weight is 539 g/mol. The topological polar surface area (TPSA) is 74.1 Å². The molecule has 0 radical (unpaired) electrons. The second kappa shape index (κ2) is 12.1. The van der Waals surface area contributed by atoms with Gasteiger partial charge in [-0.2, -0.15) is 0 Å². The molecule has 0 saturated heterocycles. The maximum Gasteiger partial charge on any atom is 0.119 e. The fourth-order valence-corrected chi connectivity index (χ4v) is 9.85. The van der Waals surface area contributed by atoms with Crippen LogP contribution in [0.4, 0.5) is 0 Å². The molecule has 1 aromatic carbocycles. The number of rotatable bonds is 10. The van der Waals surface area contributed by atoms with E-state index in [0.717, 1.165) is 81.1 Å². The van der Waals surface area contributed by atoms with Crippen molar-refractivity contribution in [2.75, 3.05) is 6.61 Å². The highest BCUT2D eigenvalue weighted by molar-refractivity contribution is 5.85. The molecular formula is C34H54N2O3. The van der Waals surface area contributed by atoms with Crippen LogP contribution in [0.5, 0.6) is 5.75 Å². The first-order chi connectivity index (χ1) is 18.9. The van der Waals surface area contributed by atoms with Gasteiger partial charge in [-0.15, -0.1) is 0 Å². The van der Waals surface area contributed by atoms with Crippen LogP contribution >= 0.6 is 0 Å². The van der Waals surface area contributed by atoms with Crippen molar-refractivity contribution in [1.29, 1.82) is 0 Å². The van der Waals surface area contributed by atoms with Gasteiger partial charge < -0.3 is 20.4 Å². The van der Waals surface area contributed by atoms with Crippen LogP contribution in [0.3, 0.4) is 0 Å². The highest BCUT2D eigenvalue weighted by Gasteiger charge is 2.61. The van der Waals surface area contributed by atoms with Gasteiger partial charge >= 0.3 is 0 Å². The van der Waals surface area contributed by atoms with Gasteiger partial charge in [0.05, 0.1) is 18.4 Å². The number of benzene rings is 1. The Bertz CT molecular complexity index is 992. The predicted molar refractivity (Wildman–Crippen MR) is 158 cm³/mol. The zero-order chi connectivity index (χ0) is 27.6. The Morgan fingerprint density at radius 1 is 1.03 bits per heavy atom. The third kappa shape index (κ3) is 5.39. The molecule has 4 aliphatic rings. The summed E-state index contributed by atoms with van der Waals surface area (Å²) in [5.41, 5.74) is 2.69. The number of hydrogen-bond acceptors (Lipinski definition) is 5. The molecular weight excluding hydrogens is 484 g/mol. The van der Waals surface area contributed by atoms with Crippen LogP contribution < -0.4 is 10.1 Å². The quantitative estimate of drug-likeness (QED) is 0.209. The lowest BCUT2D eigenvalue weighted by Crippen LogP contribution is -2.55. The van der Waals surface area contributed by atoms with E-state index in [0.29, 0.717) is 35.9 Å². The van der Waals surface area contributed by atoms with Gasteiger partial charge in [0, 0.05) is 17.5 Å². The lowest BCUT2D eigenvalue weighted by molar-refractivity contribution is -0.124. The summed E-state index contributed by atoms with van der Waals surface area (Å²) >= 11 is 0. The van der Waals surface area contributed by atoms with Crippen LogP contribution in [0.15, 0.2) is 29.4 Å². The van der Waals surface area contributed by atoms with E-state index in [1.165, 1.54) is 31.2 Å². The molecule has 0 bridgehead atoms. The van der Waals surface area contributed by atoms with Crippen molar-refractivity contribution in [2.24, 2.45) is 39.7 Å². The molecule has 218 valence electrons. The van der Waals surface area contributed by atoms with Crippen LogP contribution in [0.25, 0.3) is 0 Å². The zero-order valence-electron chi connectivity index (χ0n) is 25.0. The van der Waals surface area contributed by atoms with Gasteiger partial charge in [-0.3, -0.25) is 0 Å². The number of aliphatic hydroxyl groups excluding tert-OH is 1. The van der Waals surface area contributed by atoms with Gasteiger partial charge in [0.15, 0.2) is 0 Å². The van der Waals surface area contributed by atoms with Crippen LogP contribution in [0.1, 0.15) is 123 Å². The van der Waals surface area contributed by atoms with Crippen molar-refractivity contribution in [2.45, 2.75) is 129 Å². The van der Waals surface area contributed by atoms with Crippen molar-refractivity contribution in [3.8, 4) is 5.75 Å². The number of aliphatic hydroxyl groups is 1. The third-order valence-electron chi connectivity index (χ3n) is 12.2. The fraction of sp³-hybridized carbons (Fsp3) is 0.794. The van der Waals surface area contributed by atoms with Crippen molar-refractivity contribution < 1.29 is 15.1 Å². The molecule has 0 aliphatic heterocycles. The largest absolute Gasteiger partial charge is 0.494 e. The molecule has 4 fully saturated rings. The lowest BCUT2D eigenvalue weighted by Gasteiger charge is -2.60. The number of fused-ring (bicyclic) bond motifs is 5. The maximum absolute atomic E-state index is 11.4. The molecule has 0 heterocycles. The minimum Gasteiger partial charge on any atom is -0.494 e. The van der Waals surface area contributed by atoms with Gasteiger partial charge in [-0.1, -0.05) is 45.0 Å². The smallest absolute Gasteiger partial charge is 0.119 e. The summed E-state index contributed by atoms with van der Waals surface area (Å²) in [5, 5.41) is 28.3. The van der Waals surface area contributed by atoms with E-state index < -0.39 is 0 Å². The molecule has 5 heteroatoms. The summed E-state index contributed by atoms with van der Waals surface area (Å²) in [5.74, 6) is 3.68. The van der Waals surface area contributed by atoms with E-state index in [2.05, 4.69) is 62.4 Å². The van der Waals surface area contributed by atoms with Crippen molar-refractivity contribution in [1.82, 2.24) is 5.32 Å². The Hall–Kier alpha value is -1.59. The SMILES string of the molecule is CCC(CC)NC(CC)c1cccc(OCC[C@]23CCC4C(CCC5C/C(=N\O)CC[C@@]54C)C2CC[C@@H]3O)c1. The Morgan fingerprint density at radius 3 is 2.59 bits per heavy atom. The molecule has 8 atom stereocenters. The van der Waals surface area contributed by atoms with Gasteiger partial charge in [-0.25, -0.2) is 0 Å². The van der Waals surface area contributed by atoms with E-state index in [9.17, 15) is 10.3 Å². The molecule has 5 rings (SSSR count). The standard InChI is InChI=1S/C34H54N2O3/c1-5-25(6-2)35-31(7-3)23-9-8-10-27(21-23)39-20-19-34-18-16-29-28(30(34)13-14-32(34)37)12-11-24-22-26(36-38)15-17-33(24,29)4/h8-10,21,24-25,28-32,35,37-38H,5-7,11-20,22H2,1-4H3/b36-26-/t24?,28?,29?,30?,31?,32-,33-,34+/m0/s1. The summed E-state index contributed by atoms with van der Waals surface area (Å²) in [7, 11) is 0. The molecule has 0 aromatic heterocycles. The van der Waals surface area contributed by atoms with Crippen molar-refractivity contribution >= 4 is 5.71 Å². The van der Waals surface area contributed by atoms with Gasteiger partial charge in [0.2, 0.25) is 0 Å². The van der Waals surface area contributed by atoms with Crippen LogP contribution in [-0.4, -0.2) is 34.8 Å². The van der Waals surface area contributed by atoms with E-state index >= 15 is 0 Å². The summed E-state index contributed by atoms with van der Waals surface area (Å²) in [6.07, 6.45) is 14.2. The molecule has 4 aliphatic carbocycles. The number of nitrogens with zero attached hydrogens (tertiary/aromatic N) is 1. The maximum atomic E-state index is 11.4. The fourth-order valence-electron chi connectivity index (χ4n) is 9.85. The molecule has 3 N–H and O–H groups in total. The second-order valence-corrected chi connectivity index (χ2v) is 13.7. The molecule has 0 spiro atoms. The van der Waals surface area contributed by atoms with Crippen LogP contribution in [-0.2, 0) is 0 Å². The van der Waals surface area contributed by atoms with Crippen molar-refractivity contribution in [3.05, 3.63) is 29.8 Å². The highest BCUT2D eigenvalue weighted by Crippen LogP contribution is 2.67. The third-order valence-corrected chi connectivity index (χ3v) is 12.2. The minimum absolute atomic E-state index is 0.0113.